The molecular weight excluding hydrogens is 508 g/mol. The van der Waals surface area contributed by atoms with Crippen LogP contribution in [0.25, 0.3) is 22.6 Å². The fourth-order valence-electron chi connectivity index (χ4n) is 5.36. The molecule has 2 heterocycles. The van der Waals surface area contributed by atoms with E-state index in [0.717, 1.165) is 22.3 Å². The van der Waals surface area contributed by atoms with E-state index in [0.29, 0.717) is 36.1 Å². The lowest BCUT2D eigenvalue weighted by Gasteiger charge is -2.46. The molecule has 1 fully saturated rings. The molecule has 38 heavy (non-hydrogen) atoms. The smallest absolute Gasteiger partial charge is 0.313 e. The van der Waals surface area contributed by atoms with Gasteiger partial charge in [0.2, 0.25) is 5.89 Å². The largest absolute Gasteiger partial charge is 0.404 e. The van der Waals surface area contributed by atoms with Crippen LogP contribution in [0, 0.1) is 23.1 Å². The molecule has 0 spiro atoms. The summed E-state index contributed by atoms with van der Waals surface area (Å²) in [5, 5.41) is 17.5. The molecule has 1 aliphatic heterocycles. The highest BCUT2D eigenvalue weighted by molar-refractivity contribution is 6.33. The molecule has 1 aliphatic rings. The zero-order chi connectivity index (χ0) is 27.0. The minimum absolute atomic E-state index is 0.000394. The summed E-state index contributed by atoms with van der Waals surface area (Å²) >= 11 is 6.56. The summed E-state index contributed by atoms with van der Waals surface area (Å²) in [6.45, 7) is 5.00. The number of hydrogen-bond acceptors (Lipinski definition) is 6. The van der Waals surface area contributed by atoms with Crippen molar-refractivity contribution in [3.63, 3.8) is 0 Å². The Morgan fingerprint density at radius 1 is 1.13 bits per heavy atom. The summed E-state index contributed by atoms with van der Waals surface area (Å²) in [7, 11) is 0. The second-order valence-corrected chi connectivity index (χ2v) is 10.6. The van der Waals surface area contributed by atoms with Crippen molar-refractivity contribution in [2.45, 2.75) is 32.0 Å². The molecule has 2 N–H and O–H groups in total. The highest BCUT2D eigenvalue weighted by Gasteiger charge is 2.43. The summed E-state index contributed by atoms with van der Waals surface area (Å²) in [4.78, 5) is 2.22. The van der Waals surface area contributed by atoms with Crippen LogP contribution in [0.2, 0.25) is 5.02 Å². The Morgan fingerprint density at radius 3 is 2.58 bits per heavy atom. The van der Waals surface area contributed by atoms with Gasteiger partial charge < -0.3 is 10.2 Å². The SMILES string of the molecule is CC(C)(F)[C@H](c1cc(F)cc(C#N)c1)C1CN(Cc2ccc(Cl)c(-c3cccc(-c4nnc(N)o4)c3)c2)C1. The van der Waals surface area contributed by atoms with Crippen molar-refractivity contribution in [1.29, 1.82) is 5.26 Å². The van der Waals surface area contributed by atoms with Crippen molar-refractivity contribution in [2.75, 3.05) is 18.8 Å². The van der Waals surface area contributed by atoms with Crippen LogP contribution in [0.15, 0.2) is 65.1 Å². The zero-order valence-corrected chi connectivity index (χ0v) is 21.7. The molecule has 0 amide bonds. The molecule has 0 bridgehead atoms. The van der Waals surface area contributed by atoms with Crippen LogP contribution in [0.4, 0.5) is 14.8 Å². The summed E-state index contributed by atoms with van der Waals surface area (Å²) in [6.07, 6.45) is 0. The monoisotopic (exact) mass is 533 g/mol. The van der Waals surface area contributed by atoms with Crippen molar-refractivity contribution in [2.24, 2.45) is 5.92 Å². The van der Waals surface area contributed by atoms with E-state index in [2.05, 4.69) is 15.1 Å². The van der Waals surface area contributed by atoms with E-state index >= 15 is 4.39 Å². The van der Waals surface area contributed by atoms with Gasteiger partial charge in [-0.3, -0.25) is 4.90 Å². The highest BCUT2D eigenvalue weighted by Crippen LogP contribution is 2.43. The lowest BCUT2D eigenvalue weighted by atomic mass is 9.73. The van der Waals surface area contributed by atoms with Gasteiger partial charge in [-0.25, -0.2) is 8.78 Å². The van der Waals surface area contributed by atoms with Crippen LogP contribution in [-0.2, 0) is 6.54 Å². The van der Waals surface area contributed by atoms with E-state index in [-0.39, 0.29) is 17.5 Å². The maximum absolute atomic E-state index is 15.3. The van der Waals surface area contributed by atoms with Crippen LogP contribution >= 0.6 is 11.6 Å². The Bertz CT molecular complexity index is 1520. The van der Waals surface area contributed by atoms with Gasteiger partial charge in [-0.15, -0.1) is 5.10 Å². The van der Waals surface area contributed by atoms with E-state index in [4.69, 9.17) is 21.8 Å². The number of halogens is 3. The van der Waals surface area contributed by atoms with E-state index in [1.165, 1.54) is 26.0 Å². The van der Waals surface area contributed by atoms with Crippen molar-refractivity contribution >= 4 is 17.6 Å². The lowest BCUT2D eigenvalue weighted by molar-refractivity contribution is 0.0212. The van der Waals surface area contributed by atoms with Crippen molar-refractivity contribution in [3.05, 3.63) is 88.2 Å². The van der Waals surface area contributed by atoms with Gasteiger partial charge in [0.25, 0.3) is 0 Å². The minimum Gasteiger partial charge on any atom is -0.404 e. The van der Waals surface area contributed by atoms with Gasteiger partial charge in [0.15, 0.2) is 0 Å². The summed E-state index contributed by atoms with van der Waals surface area (Å²) in [5.74, 6) is -0.726. The summed E-state index contributed by atoms with van der Waals surface area (Å²) in [6, 6.07) is 19.6. The number of aromatic nitrogens is 2. The highest BCUT2D eigenvalue weighted by atomic mass is 35.5. The third-order valence-electron chi connectivity index (χ3n) is 6.90. The van der Waals surface area contributed by atoms with Gasteiger partial charge in [0.1, 0.15) is 11.5 Å². The van der Waals surface area contributed by atoms with Gasteiger partial charge in [-0.05, 0) is 78.9 Å². The minimum atomic E-state index is -1.57. The van der Waals surface area contributed by atoms with E-state index < -0.39 is 17.4 Å². The first-order chi connectivity index (χ1) is 18.1. The molecule has 4 aromatic rings. The van der Waals surface area contributed by atoms with Crippen molar-refractivity contribution in [1.82, 2.24) is 15.1 Å². The van der Waals surface area contributed by atoms with E-state index in [9.17, 15) is 9.65 Å². The van der Waals surface area contributed by atoms with Crippen LogP contribution in [0.5, 0.6) is 0 Å². The Morgan fingerprint density at radius 2 is 1.89 bits per heavy atom. The summed E-state index contributed by atoms with van der Waals surface area (Å²) in [5.41, 5.74) is 8.26. The molecule has 1 atom stereocenters. The molecule has 5 rings (SSSR count). The average Bonchev–Trinajstić information content (AvgIpc) is 3.29. The first-order valence-corrected chi connectivity index (χ1v) is 12.6. The second-order valence-electron chi connectivity index (χ2n) is 10.2. The van der Waals surface area contributed by atoms with Gasteiger partial charge in [-0.2, -0.15) is 5.26 Å². The average molecular weight is 534 g/mol. The zero-order valence-electron chi connectivity index (χ0n) is 21.0. The molecule has 0 unspecified atom stereocenters. The van der Waals surface area contributed by atoms with Crippen molar-refractivity contribution in [3.8, 4) is 28.7 Å². The standard InChI is InChI=1S/C29H26ClF2N5O/c1-29(2,32)26(21-8-18(13-33)9-23(31)12-21)22-15-37(16-22)14-17-6-7-25(30)24(10-17)19-4-3-5-20(11-19)27-35-36-28(34)38-27/h3-12,22,26H,14-16H2,1-2H3,(H2,34,36)/t26-/m1/s1. The Labute approximate surface area is 224 Å². The lowest BCUT2D eigenvalue weighted by Crippen LogP contribution is -2.52. The number of rotatable bonds is 7. The normalized spacial score (nSPS) is 15.2. The number of nitrogen functional groups attached to an aromatic ring is 1. The molecule has 0 aliphatic carbocycles. The van der Waals surface area contributed by atoms with Crippen LogP contribution in [-0.4, -0.2) is 33.9 Å². The molecule has 0 saturated carbocycles. The molecule has 0 radical (unpaired) electrons. The molecule has 6 nitrogen and oxygen atoms in total. The van der Waals surface area contributed by atoms with Gasteiger partial charge in [0.05, 0.1) is 11.6 Å². The number of nitrogens with zero attached hydrogens (tertiary/aromatic N) is 4. The van der Waals surface area contributed by atoms with Gasteiger partial charge in [-0.1, -0.05) is 34.9 Å². The maximum atomic E-state index is 15.3. The summed E-state index contributed by atoms with van der Waals surface area (Å²) < 4.78 is 34.8. The third kappa shape index (κ3) is 5.40. The molecule has 1 aromatic heterocycles. The molecule has 9 heteroatoms. The predicted octanol–water partition coefficient (Wildman–Crippen LogP) is 6.61. The van der Waals surface area contributed by atoms with Crippen molar-refractivity contribution < 1.29 is 13.2 Å². The molecular formula is C29H26ClF2N5O. The van der Waals surface area contributed by atoms with Gasteiger partial charge >= 0.3 is 6.01 Å². The molecule has 3 aromatic carbocycles. The predicted molar refractivity (Wildman–Crippen MR) is 142 cm³/mol. The number of hydrogen-bond donors (Lipinski definition) is 1. The second kappa shape index (κ2) is 10.2. The Kier molecular flexibility index (Phi) is 6.91. The third-order valence-corrected chi connectivity index (χ3v) is 7.23. The van der Waals surface area contributed by atoms with Crippen LogP contribution in [0.1, 0.15) is 36.5 Å². The topological polar surface area (TPSA) is 92.0 Å². The first-order valence-electron chi connectivity index (χ1n) is 12.2. The Balaban J connectivity index is 1.32. The fourth-order valence-corrected chi connectivity index (χ4v) is 5.58. The number of likely N-dealkylation sites (tertiary alicyclic amines) is 1. The molecule has 1 saturated heterocycles. The number of alkyl halides is 1. The first kappa shape index (κ1) is 25.8. The number of nitrogens with two attached hydrogens (primary N) is 1. The fraction of sp³-hybridized carbons (Fsp3) is 0.276. The molecule has 194 valence electrons. The van der Waals surface area contributed by atoms with Gasteiger partial charge in [0, 0.05) is 41.7 Å². The number of nitriles is 1. The van der Waals surface area contributed by atoms with Crippen LogP contribution in [0.3, 0.4) is 0 Å². The Hall–Kier alpha value is -3.80. The number of anilines is 1. The van der Waals surface area contributed by atoms with E-state index in [1.54, 1.807) is 6.07 Å². The van der Waals surface area contributed by atoms with Crippen LogP contribution < -0.4 is 5.73 Å². The van der Waals surface area contributed by atoms with E-state index in [1.807, 2.05) is 48.5 Å². The maximum Gasteiger partial charge on any atom is 0.313 e. The number of benzene rings is 3. The quantitative estimate of drug-likeness (QED) is 0.287.